The highest BCUT2D eigenvalue weighted by Gasteiger charge is 2.28. The first kappa shape index (κ1) is 19.1. The third kappa shape index (κ3) is 4.18. The second kappa shape index (κ2) is 7.90. The van der Waals surface area contributed by atoms with Gasteiger partial charge in [0.05, 0.1) is 11.6 Å². The lowest BCUT2D eigenvalue weighted by atomic mass is 9.86. The van der Waals surface area contributed by atoms with Gasteiger partial charge in [-0.1, -0.05) is 32.0 Å². The lowest BCUT2D eigenvalue weighted by Gasteiger charge is -2.26. The van der Waals surface area contributed by atoms with Gasteiger partial charge in [-0.15, -0.1) is 5.10 Å². The van der Waals surface area contributed by atoms with E-state index in [-0.39, 0.29) is 23.7 Å². The van der Waals surface area contributed by atoms with Gasteiger partial charge in [-0.05, 0) is 50.2 Å². The number of aromatic nitrogens is 3. The van der Waals surface area contributed by atoms with E-state index in [1.165, 1.54) is 0 Å². The summed E-state index contributed by atoms with van der Waals surface area (Å²) in [6, 6.07) is 7.95. The number of carbonyl (C=O) groups is 2. The predicted octanol–water partition coefficient (Wildman–Crippen LogP) is 3.07. The first-order valence-corrected chi connectivity index (χ1v) is 9.43. The van der Waals surface area contributed by atoms with E-state index in [1.54, 1.807) is 4.68 Å². The van der Waals surface area contributed by atoms with Crippen LogP contribution in [0.4, 0.5) is 0 Å². The maximum Gasteiger partial charge on any atom is 0.306 e. The highest BCUT2D eigenvalue weighted by molar-refractivity contribution is 5.90. The quantitative estimate of drug-likeness (QED) is 0.843. The van der Waals surface area contributed by atoms with Crippen molar-refractivity contribution in [1.82, 2.24) is 20.1 Å². The van der Waals surface area contributed by atoms with Gasteiger partial charge in [0.2, 0.25) is 5.82 Å². The maximum absolute atomic E-state index is 12.6. The Kier molecular flexibility index (Phi) is 5.58. The van der Waals surface area contributed by atoms with Crippen molar-refractivity contribution >= 4 is 11.9 Å². The van der Waals surface area contributed by atoms with Crippen molar-refractivity contribution in [2.45, 2.75) is 58.4 Å². The largest absolute Gasteiger partial charge is 0.481 e. The van der Waals surface area contributed by atoms with E-state index < -0.39 is 5.97 Å². The number of amides is 1. The van der Waals surface area contributed by atoms with Gasteiger partial charge in [0, 0.05) is 6.04 Å². The number of benzene rings is 1. The lowest BCUT2D eigenvalue weighted by molar-refractivity contribution is -0.142. The van der Waals surface area contributed by atoms with Crippen LogP contribution in [0.1, 0.15) is 67.5 Å². The highest BCUT2D eigenvalue weighted by atomic mass is 16.4. The van der Waals surface area contributed by atoms with Gasteiger partial charge in [-0.25, -0.2) is 9.67 Å². The van der Waals surface area contributed by atoms with Gasteiger partial charge >= 0.3 is 5.97 Å². The Morgan fingerprint density at radius 1 is 1.19 bits per heavy atom. The number of hydrogen-bond donors (Lipinski definition) is 2. The standard InChI is InChI=1S/C20H26N4O3/c1-12(2)16-6-4-5-7-17(16)24-13(3)21-18(23-24)19(25)22-15-10-8-14(9-11-15)20(26)27/h4-7,12,14-15H,8-11H2,1-3H3,(H,22,25)(H,26,27). The van der Waals surface area contributed by atoms with Gasteiger partial charge in [-0.2, -0.15) is 0 Å². The molecule has 0 spiro atoms. The van der Waals surface area contributed by atoms with Crippen molar-refractivity contribution in [1.29, 1.82) is 0 Å². The Morgan fingerprint density at radius 2 is 1.85 bits per heavy atom. The maximum atomic E-state index is 12.6. The molecule has 1 aliphatic rings. The van der Waals surface area contributed by atoms with E-state index in [2.05, 4.69) is 35.3 Å². The van der Waals surface area contributed by atoms with Gasteiger partial charge in [0.1, 0.15) is 5.82 Å². The molecule has 1 aliphatic carbocycles. The third-order valence-electron chi connectivity index (χ3n) is 5.17. The molecule has 0 saturated heterocycles. The van der Waals surface area contributed by atoms with Crippen LogP contribution < -0.4 is 5.32 Å². The fraction of sp³-hybridized carbons (Fsp3) is 0.500. The number of carboxylic acid groups (broad SMARTS) is 1. The van der Waals surface area contributed by atoms with Crippen LogP contribution in [0.5, 0.6) is 0 Å². The molecule has 1 heterocycles. The smallest absolute Gasteiger partial charge is 0.306 e. The Bertz CT molecular complexity index is 836. The van der Waals surface area contributed by atoms with Crippen molar-refractivity contribution in [2.24, 2.45) is 5.92 Å². The molecule has 27 heavy (non-hydrogen) atoms. The SMILES string of the molecule is Cc1nc(C(=O)NC2CCC(C(=O)O)CC2)nn1-c1ccccc1C(C)C. The minimum atomic E-state index is -0.750. The number of carboxylic acids is 1. The van der Waals surface area contributed by atoms with E-state index >= 15 is 0 Å². The van der Waals surface area contributed by atoms with Crippen LogP contribution in [0.2, 0.25) is 0 Å². The van der Waals surface area contributed by atoms with Gasteiger partial charge in [0.25, 0.3) is 5.91 Å². The van der Waals surface area contributed by atoms with Crippen molar-refractivity contribution in [3.63, 3.8) is 0 Å². The molecule has 1 aromatic carbocycles. The Morgan fingerprint density at radius 3 is 2.48 bits per heavy atom. The molecular weight excluding hydrogens is 344 g/mol. The third-order valence-corrected chi connectivity index (χ3v) is 5.17. The second-order valence-electron chi connectivity index (χ2n) is 7.47. The summed E-state index contributed by atoms with van der Waals surface area (Å²) in [5, 5.41) is 16.5. The lowest BCUT2D eigenvalue weighted by Crippen LogP contribution is -2.39. The summed E-state index contributed by atoms with van der Waals surface area (Å²) in [7, 11) is 0. The molecule has 0 bridgehead atoms. The zero-order chi connectivity index (χ0) is 19.6. The molecule has 1 saturated carbocycles. The molecule has 1 amide bonds. The average Bonchev–Trinajstić information content (AvgIpc) is 3.04. The molecule has 3 rings (SSSR count). The zero-order valence-electron chi connectivity index (χ0n) is 16.0. The molecule has 7 heteroatoms. The van der Waals surface area contributed by atoms with E-state index in [0.717, 1.165) is 11.3 Å². The molecule has 1 fully saturated rings. The number of nitrogens with one attached hydrogen (secondary N) is 1. The first-order valence-electron chi connectivity index (χ1n) is 9.43. The minimum Gasteiger partial charge on any atom is -0.481 e. The van der Waals surface area contributed by atoms with E-state index in [4.69, 9.17) is 5.11 Å². The van der Waals surface area contributed by atoms with Crippen molar-refractivity contribution in [3.05, 3.63) is 41.5 Å². The van der Waals surface area contributed by atoms with Crippen molar-refractivity contribution < 1.29 is 14.7 Å². The Hall–Kier alpha value is -2.70. The summed E-state index contributed by atoms with van der Waals surface area (Å²) >= 11 is 0. The number of nitrogens with zero attached hydrogens (tertiary/aromatic N) is 3. The van der Waals surface area contributed by atoms with Crippen LogP contribution in [0.3, 0.4) is 0 Å². The molecule has 2 aromatic rings. The highest BCUT2D eigenvalue weighted by Crippen LogP contribution is 2.25. The van der Waals surface area contributed by atoms with Gasteiger partial charge in [0.15, 0.2) is 0 Å². The predicted molar refractivity (Wildman–Crippen MR) is 101 cm³/mol. The molecule has 0 unspecified atom stereocenters. The molecule has 0 atom stereocenters. The van der Waals surface area contributed by atoms with E-state index in [1.807, 2.05) is 25.1 Å². The topological polar surface area (TPSA) is 97.1 Å². The summed E-state index contributed by atoms with van der Waals surface area (Å²) in [4.78, 5) is 28.0. The van der Waals surface area contributed by atoms with Crippen LogP contribution >= 0.6 is 0 Å². The Balaban J connectivity index is 1.73. The van der Waals surface area contributed by atoms with Crippen LogP contribution in [-0.2, 0) is 4.79 Å². The van der Waals surface area contributed by atoms with Crippen LogP contribution in [0.25, 0.3) is 5.69 Å². The molecule has 7 nitrogen and oxygen atoms in total. The monoisotopic (exact) mass is 370 g/mol. The Labute approximate surface area is 158 Å². The van der Waals surface area contributed by atoms with Crippen molar-refractivity contribution in [2.75, 3.05) is 0 Å². The summed E-state index contributed by atoms with van der Waals surface area (Å²) in [5.74, 6) is -0.233. The zero-order valence-corrected chi connectivity index (χ0v) is 16.0. The van der Waals surface area contributed by atoms with E-state index in [9.17, 15) is 9.59 Å². The molecule has 0 aliphatic heterocycles. The summed E-state index contributed by atoms with van der Waals surface area (Å²) < 4.78 is 1.71. The molecule has 1 aromatic heterocycles. The van der Waals surface area contributed by atoms with Gasteiger partial charge < -0.3 is 10.4 Å². The average molecular weight is 370 g/mol. The fourth-order valence-electron chi connectivity index (χ4n) is 3.62. The first-order chi connectivity index (χ1) is 12.9. The van der Waals surface area contributed by atoms with Crippen LogP contribution in [0, 0.1) is 12.8 Å². The van der Waals surface area contributed by atoms with Gasteiger partial charge in [-0.3, -0.25) is 9.59 Å². The van der Waals surface area contributed by atoms with Crippen LogP contribution in [-0.4, -0.2) is 37.8 Å². The number of aryl methyl sites for hydroxylation is 1. The number of carbonyl (C=O) groups excluding carboxylic acids is 1. The normalized spacial score (nSPS) is 19.9. The fourth-order valence-corrected chi connectivity index (χ4v) is 3.62. The van der Waals surface area contributed by atoms with Crippen LogP contribution in [0.15, 0.2) is 24.3 Å². The van der Waals surface area contributed by atoms with Crippen molar-refractivity contribution in [3.8, 4) is 5.69 Å². The minimum absolute atomic E-state index is 0.0247. The molecule has 144 valence electrons. The number of rotatable bonds is 5. The second-order valence-corrected chi connectivity index (χ2v) is 7.47. The number of aliphatic carboxylic acids is 1. The van der Waals surface area contributed by atoms with E-state index in [0.29, 0.717) is 37.4 Å². The number of hydrogen-bond acceptors (Lipinski definition) is 4. The molecule has 0 radical (unpaired) electrons. The number of para-hydroxylation sites is 1. The summed E-state index contributed by atoms with van der Waals surface area (Å²) in [6.07, 6.45) is 2.50. The molecular formula is C20H26N4O3. The molecule has 2 N–H and O–H groups in total. The summed E-state index contributed by atoms with van der Waals surface area (Å²) in [6.45, 7) is 6.07. The summed E-state index contributed by atoms with van der Waals surface area (Å²) in [5.41, 5.74) is 2.07.